The molecule has 0 unspecified atom stereocenters. The van der Waals surface area contributed by atoms with Gasteiger partial charge in [0.05, 0.1) is 22.9 Å². The number of rotatable bonds is 6. The van der Waals surface area contributed by atoms with Gasteiger partial charge in [-0.15, -0.1) is 11.3 Å². The van der Waals surface area contributed by atoms with Gasteiger partial charge in [-0.3, -0.25) is 19.1 Å². The number of benzene rings is 2. The van der Waals surface area contributed by atoms with E-state index in [0.29, 0.717) is 16.0 Å². The van der Waals surface area contributed by atoms with Gasteiger partial charge in [-0.1, -0.05) is 31.2 Å². The first-order chi connectivity index (χ1) is 16.6. The summed E-state index contributed by atoms with van der Waals surface area (Å²) in [7, 11) is 1.47. The van der Waals surface area contributed by atoms with Crippen molar-refractivity contribution in [1.82, 2.24) is 9.55 Å². The maximum Gasteiger partial charge on any atom is 0.273 e. The molecule has 0 atom stereocenters. The van der Waals surface area contributed by atoms with Gasteiger partial charge in [0.1, 0.15) is 22.1 Å². The third-order valence-electron chi connectivity index (χ3n) is 5.31. The number of carbonyl (C=O) groups is 1. The minimum Gasteiger partial charge on any atom is -0.496 e. The molecule has 0 bridgehead atoms. The summed E-state index contributed by atoms with van der Waals surface area (Å²) in [6, 6.07) is 19.9. The van der Waals surface area contributed by atoms with E-state index in [1.54, 1.807) is 60.9 Å². The van der Waals surface area contributed by atoms with E-state index in [1.807, 2.05) is 31.2 Å². The van der Waals surface area contributed by atoms with Crippen molar-refractivity contribution >= 4 is 28.8 Å². The Morgan fingerprint density at radius 1 is 1.15 bits per heavy atom. The van der Waals surface area contributed by atoms with Crippen LogP contribution in [0.5, 0.6) is 5.75 Å². The molecule has 2 heterocycles. The summed E-state index contributed by atoms with van der Waals surface area (Å²) in [5, 5.41) is 10.1. The Morgan fingerprint density at radius 2 is 1.91 bits per heavy atom. The minimum atomic E-state index is -0.503. The summed E-state index contributed by atoms with van der Waals surface area (Å²) < 4.78 is 7.46. The lowest BCUT2D eigenvalue weighted by molar-refractivity contribution is 0.105. The van der Waals surface area contributed by atoms with Crippen molar-refractivity contribution in [1.29, 1.82) is 5.26 Å². The van der Waals surface area contributed by atoms with E-state index in [9.17, 15) is 14.9 Å². The number of thiazole rings is 1. The van der Waals surface area contributed by atoms with Crippen LogP contribution in [0.2, 0.25) is 0 Å². The maximum absolute atomic E-state index is 13.6. The molecule has 0 saturated heterocycles. The van der Waals surface area contributed by atoms with Gasteiger partial charge in [-0.25, -0.2) is 0 Å². The lowest BCUT2D eigenvalue weighted by Gasteiger charge is -2.08. The quantitative estimate of drug-likeness (QED) is 0.407. The van der Waals surface area contributed by atoms with Gasteiger partial charge in [0.15, 0.2) is 0 Å². The number of methoxy groups -OCH3 is 1. The zero-order chi connectivity index (χ0) is 24.1. The normalized spacial score (nSPS) is 12.2. The molecule has 7 heteroatoms. The average Bonchev–Trinajstić information content (AvgIpc) is 3.20. The molecule has 0 N–H and O–H groups in total. The molecule has 2 aromatic carbocycles. The Bertz CT molecular complexity index is 1580. The molecule has 0 fully saturated rings. The number of para-hydroxylation sites is 1. The lowest BCUT2D eigenvalue weighted by atomic mass is 10.0. The summed E-state index contributed by atoms with van der Waals surface area (Å²) >= 11 is 1.11. The lowest BCUT2D eigenvalue weighted by Crippen LogP contribution is -2.31. The Balaban J connectivity index is 2.08. The van der Waals surface area contributed by atoms with Gasteiger partial charge < -0.3 is 4.74 Å². The summed E-state index contributed by atoms with van der Waals surface area (Å²) in [6.07, 6.45) is 5.80. The molecule has 0 aliphatic heterocycles. The maximum atomic E-state index is 13.6. The summed E-state index contributed by atoms with van der Waals surface area (Å²) in [6.45, 7) is 2.02. The van der Waals surface area contributed by atoms with E-state index in [0.717, 1.165) is 28.9 Å². The molecule has 4 aromatic rings. The van der Waals surface area contributed by atoms with Crippen LogP contribution < -0.4 is 19.5 Å². The fourth-order valence-corrected chi connectivity index (χ4v) is 4.68. The molecule has 2 aromatic heterocycles. The van der Waals surface area contributed by atoms with Crippen LogP contribution in [0.4, 0.5) is 0 Å². The third-order valence-corrected chi connectivity index (χ3v) is 6.40. The molecule has 0 spiro atoms. The molecule has 4 rings (SSSR count). The highest BCUT2D eigenvalue weighted by molar-refractivity contribution is 7.07. The summed E-state index contributed by atoms with van der Waals surface area (Å²) in [5.41, 5.74) is 2.27. The Hall–Kier alpha value is -4.28. The molecule has 0 saturated carbocycles. The zero-order valence-corrected chi connectivity index (χ0v) is 19.5. The molecule has 0 radical (unpaired) electrons. The van der Waals surface area contributed by atoms with Crippen molar-refractivity contribution in [2.45, 2.75) is 13.3 Å². The predicted molar refractivity (Wildman–Crippen MR) is 133 cm³/mol. The Morgan fingerprint density at radius 3 is 2.62 bits per heavy atom. The number of nitriles is 1. The number of Topliss-reactive ketones (excluding diaryl/α,β-unsaturated/α-hetero) is 1. The van der Waals surface area contributed by atoms with E-state index in [-0.39, 0.29) is 21.4 Å². The number of ether oxygens (including phenoxy) is 1. The summed E-state index contributed by atoms with van der Waals surface area (Å²) in [5.74, 6) is -0.140. The van der Waals surface area contributed by atoms with E-state index in [4.69, 9.17) is 4.74 Å². The minimum absolute atomic E-state index is 0.122. The van der Waals surface area contributed by atoms with Crippen molar-refractivity contribution in [2.24, 2.45) is 0 Å². The fourth-order valence-electron chi connectivity index (χ4n) is 3.57. The van der Waals surface area contributed by atoms with Gasteiger partial charge in [0.25, 0.3) is 5.56 Å². The van der Waals surface area contributed by atoms with Crippen LogP contribution >= 0.6 is 11.3 Å². The number of ketones is 1. The van der Waals surface area contributed by atoms with E-state index < -0.39 is 5.78 Å². The number of pyridine rings is 1. The van der Waals surface area contributed by atoms with Gasteiger partial charge in [-0.05, 0) is 60.0 Å². The van der Waals surface area contributed by atoms with Crippen LogP contribution in [0.3, 0.4) is 0 Å². The van der Waals surface area contributed by atoms with Crippen molar-refractivity contribution in [2.75, 3.05) is 7.11 Å². The van der Waals surface area contributed by atoms with Crippen LogP contribution in [0.25, 0.3) is 17.3 Å². The topological polar surface area (TPSA) is 85.0 Å². The van der Waals surface area contributed by atoms with Gasteiger partial charge >= 0.3 is 0 Å². The number of nitrogens with zero attached hydrogens (tertiary/aromatic N) is 3. The number of hydrogen-bond acceptors (Lipinski definition) is 6. The van der Waals surface area contributed by atoms with Crippen molar-refractivity contribution in [3.8, 4) is 17.5 Å². The second kappa shape index (κ2) is 10.1. The molecule has 0 amide bonds. The highest BCUT2D eigenvalue weighted by Crippen LogP contribution is 2.21. The summed E-state index contributed by atoms with van der Waals surface area (Å²) in [4.78, 5) is 31.0. The first kappa shape index (κ1) is 22.9. The molecular formula is C27H21N3O3S. The highest BCUT2D eigenvalue weighted by atomic mass is 32.1. The van der Waals surface area contributed by atoms with Crippen LogP contribution in [0.1, 0.15) is 28.4 Å². The van der Waals surface area contributed by atoms with Gasteiger partial charge in [0.2, 0.25) is 5.78 Å². The van der Waals surface area contributed by atoms with Crippen LogP contribution in [-0.2, 0) is 6.42 Å². The number of aryl methyl sites for hydroxylation is 1. The van der Waals surface area contributed by atoms with Crippen LogP contribution in [-0.4, -0.2) is 22.4 Å². The Labute approximate surface area is 200 Å². The second-order valence-corrected chi connectivity index (χ2v) is 8.41. The van der Waals surface area contributed by atoms with Crippen LogP contribution in [0, 0.1) is 11.3 Å². The predicted octanol–water partition coefficient (Wildman–Crippen LogP) is 3.25. The van der Waals surface area contributed by atoms with Gasteiger partial charge in [-0.2, -0.15) is 5.26 Å². The van der Waals surface area contributed by atoms with Gasteiger partial charge in [0, 0.05) is 12.4 Å². The second-order valence-electron chi connectivity index (χ2n) is 7.38. The number of carbonyl (C=O) groups excluding carboxylic acids is 1. The van der Waals surface area contributed by atoms with E-state index in [2.05, 4.69) is 4.98 Å². The molecule has 0 aliphatic rings. The SMILES string of the molecule is CCc1cccc(-n2c(=C(C#N)C(=O)c3ccccc3OC)sc(=Cc3ccncc3)c2=O)c1. The largest absolute Gasteiger partial charge is 0.496 e. The molecular weight excluding hydrogens is 446 g/mol. The monoisotopic (exact) mass is 467 g/mol. The number of aromatic nitrogens is 2. The van der Waals surface area contributed by atoms with Crippen molar-refractivity contribution < 1.29 is 9.53 Å². The van der Waals surface area contributed by atoms with Crippen LogP contribution in [0.15, 0.2) is 77.9 Å². The Kier molecular flexibility index (Phi) is 6.81. The van der Waals surface area contributed by atoms with Crippen molar-refractivity contribution in [3.63, 3.8) is 0 Å². The smallest absolute Gasteiger partial charge is 0.273 e. The molecule has 6 nitrogen and oxygen atoms in total. The molecule has 0 aliphatic carbocycles. The molecule has 34 heavy (non-hydrogen) atoms. The van der Waals surface area contributed by atoms with Crippen molar-refractivity contribution in [3.05, 3.63) is 109 Å². The fraction of sp³-hybridized carbons (Fsp3) is 0.111. The number of hydrogen-bond donors (Lipinski definition) is 0. The van der Waals surface area contributed by atoms with E-state index >= 15 is 0 Å². The first-order valence-corrected chi connectivity index (χ1v) is 11.4. The third kappa shape index (κ3) is 4.45. The van der Waals surface area contributed by atoms with E-state index in [1.165, 1.54) is 11.7 Å². The first-order valence-electron chi connectivity index (χ1n) is 10.6. The molecule has 168 valence electrons. The highest BCUT2D eigenvalue weighted by Gasteiger charge is 2.21. The zero-order valence-electron chi connectivity index (χ0n) is 18.7. The standard InChI is InChI=1S/C27H21N3O3S/c1-3-18-7-6-8-20(15-18)30-26(32)24(16-19-11-13-29-14-12-19)34-27(30)22(17-28)25(31)21-9-4-5-10-23(21)33-2/h4-16H,3H2,1-2H3. The average molecular weight is 468 g/mol.